The molecule has 0 aliphatic carbocycles. The Bertz CT molecular complexity index is 976. The van der Waals surface area contributed by atoms with Gasteiger partial charge in [0, 0.05) is 10.7 Å². The van der Waals surface area contributed by atoms with Crippen LogP contribution in [0.3, 0.4) is 0 Å². The summed E-state index contributed by atoms with van der Waals surface area (Å²) >= 11 is 9.19. The maximum atomic E-state index is 12.4. The molecule has 2 aromatic rings. The van der Waals surface area contributed by atoms with Crippen LogP contribution >= 0.6 is 27.5 Å². The lowest BCUT2D eigenvalue weighted by Gasteiger charge is -2.13. The molecular weight excluding hydrogens is 446 g/mol. The molecule has 2 aromatic carbocycles. The van der Waals surface area contributed by atoms with E-state index in [2.05, 4.69) is 21.2 Å². The number of amides is 1. The molecule has 0 unspecified atom stereocenters. The summed E-state index contributed by atoms with van der Waals surface area (Å²) in [6.45, 7) is 2.05. The third-order valence-electron chi connectivity index (χ3n) is 3.39. The Kier molecular flexibility index (Phi) is 7.88. The molecule has 0 radical (unpaired) electrons. The molecule has 0 aromatic heterocycles. The highest BCUT2D eigenvalue weighted by atomic mass is 79.9. The van der Waals surface area contributed by atoms with Gasteiger partial charge in [-0.1, -0.05) is 11.6 Å². The fraction of sp³-hybridized carbons (Fsp3) is 0.150. The molecule has 0 atom stereocenters. The van der Waals surface area contributed by atoms with Crippen LogP contribution in [0.5, 0.6) is 11.5 Å². The van der Waals surface area contributed by atoms with Crippen molar-refractivity contribution in [2.75, 3.05) is 18.5 Å². The van der Waals surface area contributed by atoms with Crippen molar-refractivity contribution in [1.82, 2.24) is 0 Å². The van der Waals surface area contributed by atoms with E-state index in [4.69, 9.17) is 26.3 Å². The second-order valence-electron chi connectivity index (χ2n) is 5.34. The molecule has 0 spiro atoms. The van der Waals surface area contributed by atoms with Crippen LogP contribution in [0.15, 0.2) is 46.4 Å². The summed E-state index contributed by atoms with van der Waals surface area (Å²) in [6, 6.07) is 13.6. The van der Waals surface area contributed by atoms with Gasteiger partial charge in [0.1, 0.15) is 17.7 Å². The average Bonchev–Trinajstić information content (AvgIpc) is 2.67. The average molecular weight is 461 g/mol. The topological polar surface area (TPSA) is 95.1 Å². The van der Waals surface area contributed by atoms with E-state index < -0.39 is 5.91 Å². The lowest BCUT2D eigenvalue weighted by atomic mass is 10.1. The number of ether oxygens (including phenoxy) is 2. The number of hydrogen-bond donors (Lipinski definition) is 1. The first-order valence-electron chi connectivity index (χ1n) is 8.13. The summed E-state index contributed by atoms with van der Waals surface area (Å²) in [4.78, 5) is 12.4. The van der Waals surface area contributed by atoms with Gasteiger partial charge in [0.25, 0.3) is 5.91 Å². The zero-order valence-electron chi connectivity index (χ0n) is 14.8. The van der Waals surface area contributed by atoms with Crippen LogP contribution in [0, 0.1) is 22.7 Å². The third kappa shape index (κ3) is 5.75. The van der Waals surface area contributed by atoms with Crippen LogP contribution in [0.2, 0.25) is 5.02 Å². The lowest BCUT2D eigenvalue weighted by Crippen LogP contribution is -2.13. The number of carbonyl (C=O) groups excluding carboxylic acids is 1. The number of nitrogens with zero attached hydrogens (tertiary/aromatic N) is 2. The molecule has 0 saturated heterocycles. The van der Waals surface area contributed by atoms with Crippen LogP contribution in [-0.4, -0.2) is 19.1 Å². The monoisotopic (exact) mass is 459 g/mol. The van der Waals surface area contributed by atoms with Gasteiger partial charge in [-0.25, -0.2) is 0 Å². The number of nitrogens with one attached hydrogen (secondary N) is 1. The van der Waals surface area contributed by atoms with Gasteiger partial charge in [-0.05, 0) is 70.9 Å². The van der Waals surface area contributed by atoms with E-state index in [1.54, 1.807) is 36.4 Å². The lowest BCUT2D eigenvalue weighted by molar-refractivity contribution is -0.112. The number of rotatable bonds is 7. The van der Waals surface area contributed by atoms with Crippen LogP contribution in [0.1, 0.15) is 12.5 Å². The minimum absolute atomic E-state index is 0.0880. The van der Waals surface area contributed by atoms with E-state index in [1.807, 2.05) is 19.1 Å². The van der Waals surface area contributed by atoms with Gasteiger partial charge in [0.15, 0.2) is 18.1 Å². The molecule has 8 heteroatoms. The highest BCUT2D eigenvalue weighted by Gasteiger charge is 2.14. The van der Waals surface area contributed by atoms with E-state index >= 15 is 0 Å². The van der Waals surface area contributed by atoms with Gasteiger partial charge in [0.2, 0.25) is 0 Å². The molecule has 2 rings (SSSR count). The van der Waals surface area contributed by atoms with Gasteiger partial charge in [-0.15, -0.1) is 0 Å². The molecular formula is C20H15BrClN3O3. The Hall–Kier alpha value is -3.00. The van der Waals surface area contributed by atoms with Crippen molar-refractivity contribution >= 4 is 45.2 Å². The van der Waals surface area contributed by atoms with Crippen molar-refractivity contribution in [3.05, 3.63) is 57.0 Å². The van der Waals surface area contributed by atoms with Crippen molar-refractivity contribution in [3.8, 4) is 23.6 Å². The highest BCUT2D eigenvalue weighted by Crippen LogP contribution is 2.37. The Balaban J connectivity index is 2.32. The van der Waals surface area contributed by atoms with E-state index in [-0.39, 0.29) is 12.2 Å². The van der Waals surface area contributed by atoms with Crippen LogP contribution in [0.4, 0.5) is 5.69 Å². The molecule has 6 nitrogen and oxygen atoms in total. The van der Waals surface area contributed by atoms with Crippen molar-refractivity contribution < 1.29 is 14.3 Å². The van der Waals surface area contributed by atoms with Crippen molar-refractivity contribution in [2.45, 2.75) is 6.92 Å². The van der Waals surface area contributed by atoms with Gasteiger partial charge in [0.05, 0.1) is 11.1 Å². The summed E-state index contributed by atoms with van der Waals surface area (Å²) in [5, 5.41) is 21.3. The zero-order valence-corrected chi connectivity index (χ0v) is 17.2. The molecule has 0 aliphatic rings. The van der Waals surface area contributed by atoms with E-state index in [1.165, 1.54) is 6.08 Å². The maximum absolute atomic E-state index is 12.4. The van der Waals surface area contributed by atoms with Gasteiger partial charge < -0.3 is 14.8 Å². The Morgan fingerprint density at radius 2 is 1.96 bits per heavy atom. The van der Waals surface area contributed by atoms with Gasteiger partial charge in [-0.2, -0.15) is 10.5 Å². The smallest absolute Gasteiger partial charge is 0.266 e. The quantitative estimate of drug-likeness (QED) is 0.466. The van der Waals surface area contributed by atoms with Crippen molar-refractivity contribution in [2.24, 2.45) is 0 Å². The van der Waals surface area contributed by atoms with E-state index in [9.17, 15) is 10.1 Å². The molecule has 0 bridgehead atoms. The maximum Gasteiger partial charge on any atom is 0.266 e. The molecule has 0 aliphatic heterocycles. The second-order valence-corrected chi connectivity index (χ2v) is 6.63. The Labute approximate surface area is 176 Å². The van der Waals surface area contributed by atoms with E-state index in [0.717, 1.165) is 0 Å². The van der Waals surface area contributed by atoms with Crippen molar-refractivity contribution in [1.29, 1.82) is 10.5 Å². The van der Waals surface area contributed by atoms with Gasteiger partial charge >= 0.3 is 0 Å². The number of nitriles is 2. The number of hydrogen-bond acceptors (Lipinski definition) is 5. The summed E-state index contributed by atoms with van der Waals surface area (Å²) in [6.07, 6.45) is 1.44. The molecule has 142 valence electrons. The van der Waals surface area contributed by atoms with Crippen LogP contribution in [0.25, 0.3) is 6.08 Å². The Morgan fingerprint density at radius 1 is 1.25 bits per heavy atom. The van der Waals surface area contributed by atoms with Crippen LogP contribution in [-0.2, 0) is 4.79 Å². The second kappa shape index (κ2) is 10.4. The number of anilines is 1. The SMILES string of the molecule is CCOc1cc(/C=C(\C#N)C(=O)Nc2ccc(Cl)cc2)cc(Br)c1OCC#N. The van der Waals surface area contributed by atoms with E-state index in [0.29, 0.717) is 38.9 Å². The summed E-state index contributed by atoms with van der Waals surface area (Å²) in [5.41, 5.74) is 0.990. The largest absolute Gasteiger partial charge is 0.490 e. The Morgan fingerprint density at radius 3 is 2.57 bits per heavy atom. The predicted octanol–water partition coefficient (Wildman–Crippen LogP) is 4.95. The summed E-state index contributed by atoms with van der Waals surface area (Å²) < 4.78 is 11.5. The number of carbonyl (C=O) groups is 1. The number of benzene rings is 2. The highest BCUT2D eigenvalue weighted by molar-refractivity contribution is 9.10. The summed E-state index contributed by atoms with van der Waals surface area (Å²) in [5.74, 6) is 0.224. The molecule has 0 heterocycles. The minimum Gasteiger partial charge on any atom is -0.490 e. The summed E-state index contributed by atoms with van der Waals surface area (Å²) in [7, 11) is 0. The predicted molar refractivity (Wildman–Crippen MR) is 110 cm³/mol. The minimum atomic E-state index is -0.552. The standard InChI is InChI=1S/C20H15BrClN3O3/c1-2-27-18-11-13(10-17(21)19(18)28-8-7-23)9-14(12-24)20(26)25-16-5-3-15(22)4-6-16/h3-6,9-11H,2,8H2,1H3,(H,25,26)/b14-9+. The fourth-order valence-electron chi connectivity index (χ4n) is 2.23. The molecule has 1 amide bonds. The zero-order chi connectivity index (χ0) is 20.5. The molecule has 28 heavy (non-hydrogen) atoms. The normalized spacial score (nSPS) is 10.5. The first kappa shape index (κ1) is 21.3. The number of halogens is 2. The first-order valence-corrected chi connectivity index (χ1v) is 9.30. The molecule has 0 saturated carbocycles. The third-order valence-corrected chi connectivity index (χ3v) is 4.23. The first-order chi connectivity index (χ1) is 13.5. The fourth-order valence-corrected chi connectivity index (χ4v) is 2.93. The van der Waals surface area contributed by atoms with Crippen molar-refractivity contribution in [3.63, 3.8) is 0 Å². The van der Waals surface area contributed by atoms with Gasteiger partial charge in [-0.3, -0.25) is 4.79 Å². The molecule has 0 fully saturated rings. The van der Waals surface area contributed by atoms with Crippen LogP contribution < -0.4 is 14.8 Å². The molecule has 1 N–H and O–H groups in total.